The van der Waals surface area contributed by atoms with Crippen molar-refractivity contribution in [2.24, 2.45) is 0 Å². The number of nitrogens with one attached hydrogen (secondary N) is 1. The number of amides is 2. The number of carbonyl (C=O) groups is 2. The smallest absolute Gasteiger partial charge is 0.248 e. The molecule has 0 aliphatic heterocycles. The van der Waals surface area contributed by atoms with Crippen molar-refractivity contribution in [1.29, 1.82) is 0 Å². The number of hydrogen-bond donors (Lipinski definition) is 1. The minimum absolute atomic E-state index is 0.0235. The van der Waals surface area contributed by atoms with Crippen molar-refractivity contribution in [3.05, 3.63) is 96.3 Å². The van der Waals surface area contributed by atoms with E-state index < -0.39 is 29.5 Å². The van der Waals surface area contributed by atoms with Gasteiger partial charge in [0.05, 0.1) is 11.0 Å². The molecule has 36 heavy (non-hydrogen) atoms. The van der Waals surface area contributed by atoms with Crippen LogP contribution in [0, 0.1) is 11.6 Å². The Labute approximate surface area is 208 Å². The normalized spacial score (nSPS) is 12.8. The van der Waals surface area contributed by atoms with Crippen molar-refractivity contribution in [3.63, 3.8) is 0 Å². The van der Waals surface area contributed by atoms with Crippen LogP contribution in [0.1, 0.15) is 38.3 Å². The largest absolute Gasteiger partial charge is 0.352 e. The van der Waals surface area contributed by atoms with Crippen LogP contribution < -0.4 is 10.2 Å². The van der Waals surface area contributed by atoms with E-state index in [4.69, 9.17) is 0 Å². The third-order valence-electron chi connectivity index (χ3n) is 6.02. The summed E-state index contributed by atoms with van der Waals surface area (Å²) in [7, 11) is 0. The number of anilines is 1. The lowest BCUT2D eigenvalue weighted by Crippen LogP contribution is -2.47. The van der Waals surface area contributed by atoms with Gasteiger partial charge in [0, 0.05) is 29.7 Å². The molecular formula is C28H28F2N4O2. The molecular weight excluding hydrogens is 462 g/mol. The van der Waals surface area contributed by atoms with E-state index in [2.05, 4.69) is 10.3 Å². The lowest BCUT2D eigenvalue weighted by molar-refractivity contribution is -0.127. The van der Waals surface area contributed by atoms with Gasteiger partial charge in [-0.15, -0.1) is 0 Å². The van der Waals surface area contributed by atoms with Gasteiger partial charge in [-0.2, -0.15) is 0 Å². The third-order valence-corrected chi connectivity index (χ3v) is 6.02. The van der Waals surface area contributed by atoms with E-state index in [1.165, 1.54) is 47.4 Å². The SMILES string of the molecule is CCCC(C)NC(=O)C(c1ccccc1F)N(C(=O)Cn1ccc2ncccc21)c1cccc(F)c1. The molecule has 0 aliphatic rings. The van der Waals surface area contributed by atoms with Gasteiger partial charge in [-0.05, 0) is 55.8 Å². The molecule has 2 aromatic heterocycles. The predicted octanol–water partition coefficient (Wildman–Crippen LogP) is 5.39. The van der Waals surface area contributed by atoms with Crippen LogP contribution >= 0.6 is 0 Å². The van der Waals surface area contributed by atoms with Gasteiger partial charge in [-0.3, -0.25) is 19.5 Å². The van der Waals surface area contributed by atoms with E-state index in [0.717, 1.165) is 11.9 Å². The van der Waals surface area contributed by atoms with Crippen LogP contribution in [-0.2, 0) is 16.1 Å². The first-order valence-electron chi connectivity index (χ1n) is 11.9. The zero-order valence-corrected chi connectivity index (χ0v) is 20.2. The van der Waals surface area contributed by atoms with E-state index in [0.29, 0.717) is 11.9 Å². The van der Waals surface area contributed by atoms with Crippen LogP contribution in [0.15, 0.2) is 79.1 Å². The second-order valence-electron chi connectivity index (χ2n) is 8.72. The molecule has 2 amide bonds. The summed E-state index contributed by atoms with van der Waals surface area (Å²) >= 11 is 0. The van der Waals surface area contributed by atoms with Crippen LogP contribution in [0.25, 0.3) is 11.0 Å². The Balaban J connectivity index is 1.81. The third kappa shape index (κ3) is 5.43. The molecule has 2 heterocycles. The van der Waals surface area contributed by atoms with Gasteiger partial charge in [0.2, 0.25) is 11.8 Å². The van der Waals surface area contributed by atoms with Gasteiger partial charge in [0.15, 0.2) is 0 Å². The zero-order chi connectivity index (χ0) is 25.7. The molecule has 0 saturated carbocycles. The minimum atomic E-state index is -1.35. The number of rotatable bonds is 9. The highest BCUT2D eigenvalue weighted by Crippen LogP contribution is 2.31. The van der Waals surface area contributed by atoms with Crippen molar-refractivity contribution in [2.75, 3.05) is 4.90 Å². The van der Waals surface area contributed by atoms with Crippen molar-refractivity contribution in [2.45, 2.75) is 45.3 Å². The summed E-state index contributed by atoms with van der Waals surface area (Å²) in [6, 6.07) is 15.1. The van der Waals surface area contributed by atoms with Crippen LogP contribution in [-0.4, -0.2) is 27.4 Å². The first kappa shape index (κ1) is 25.0. The summed E-state index contributed by atoms with van der Waals surface area (Å²) in [5, 5.41) is 2.90. The molecule has 8 heteroatoms. The van der Waals surface area contributed by atoms with Gasteiger partial charge >= 0.3 is 0 Å². The molecule has 0 aliphatic carbocycles. The number of carbonyl (C=O) groups excluding carboxylic acids is 2. The molecule has 0 spiro atoms. The Morgan fingerprint density at radius 2 is 1.86 bits per heavy atom. The van der Waals surface area contributed by atoms with Crippen molar-refractivity contribution >= 4 is 28.5 Å². The molecule has 2 aromatic carbocycles. The Morgan fingerprint density at radius 1 is 1.06 bits per heavy atom. The molecule has 0 saturated heterocycles. The van der Waals surface area contributed by atoms with Crippen molar-refractivity contribution < 1.29 is 18.4 Å². The second-order valence-corrected chi connectivity index (χ2v) is 8.72. The standard InChI is InChI=1S/C28H28F2N4O2/c1-3-8-19(2)32-28(36)27(22-11-4-5-12-23(22)30)34(21-10-6-9-20(29)17-21)26(35)18-33-16-14-24-25(33)13-7-15-31-24/h4-7,9-17,19,27H,3,8,18H2,1-2H3,(H,32,36). The summed E-state index contributed by atoms with van der Waals surface area (Å²) in [6.45, 7) is 3.69. The summed E-state index contributed by atoms with van der Waals surface area (Å²) in [6.07, 6.45) is 4.93. The fourth-order valence-electron chi connectivity index (χ4n) is 4.37. The van der Waals surface area contributed by atoms with E-state index in [1.54, 1.807) is 35.2 Å². The molecule has 2 unspecified atom stereocenters. The van der Waals surface area contributed by atoms with E-state index in [-0.39, 0.29) is 23.8 Å². The number of hydrogen-bond acceptors (Lipinski definition) is 3. The lowest BCUT2D eigenvalue weighted by Gasteiger charge is -2.32. The maximum absolute atomic E-state index is 15.1. The fraction of sp³-hybridized carbons (Fsp3) is 0.250. The Kier molecular flexibility index (Phi) is 7.73. The number of aromatic nitrogens is 2. The maximum Gasteiger partial charge on any atom is 0.248 e. The summed E-state index contributed by atoms with van der Waals surface area (Å²) in [4.78, 5) is 33.0. The molecule has 4 aromatic rings. The average molecular weight is 491 g/mol. The lowest BCUT2D eigenvalue weighted by atomic mass is 10.0. The minimum Gasteiger partial charge on any atom is -0.352 e. The molecule has 1 N–H and O–H groups in total. The molecule has 2 atom stereocenters. The quantitative estimate of drug-likeness (QED) is 0.342. The maximum atomic E-state index is 15.1. The molecule has 0 bridgehead atoms. The summed E-state index contributed by atoms with van der Waals surface area (Å²) in [5.41, 5.74) is 1.62. The summed E-state index contributed by atoms with van der Waals surface area (Å²) < 4.78 is 31.1. The van der Waals surface area contributed by atoms with Crippen molar-refractivity contribution in [1.82, 2.24) is 14.9 Å². The first-order chi connectivity index (χ1) is 17.4. The average Bonchev–Trinajstić information content (AvgIpc) is 3.25. The predicted molar refractivity (Wildman–Crippen MR) is 135 cm³/mol. The molecule has 0 fully saturated rings. The summed E-state index contributed by atoms with van der Waals surface area (Å²) in [5.74, 6) is -2.26. The van der Waals surface area contributed by atoms with E-state index >= 15 is 4.39 Å². The molecule has 186 valence electrons. The molecule has 6 nitrogen and oxygen atoms in total. The number of nitrogens with zero attached hydrogens (tertiary/aromatic N) is 3. The van der Waals surface area contributed by atoms with Crippen LogP contribution in [0.3, 0.4) is 0 Å². The van der Waals surface area contributed by atoms with Gasteiger partial charge in [0.1, 0.15) is 24.2 Å². The Morgan fingerprint density at radius 3 is 2.61 bits per heavy atom. The fourth-order valence-corrected chi connectivity index (χ4v) is 4.37. The van der Waals surface area contributed by atoms with Gasteiger partial charge in [-0.1, -0.05) is 37.6 Å². The number of halogens is 2. The highest BCUT2D eigenvalue weighted by atomic mass is 19.1. The van der Waals surface area contributed by atoms with E-state index in [1.807, 2.05) is 19.9 Å². The monoisotopic (exact) mass is 490 g/mol. The van der Waals surface area contributed by atoms with Gasteiger partial charge in [-0.25, -0.2) is 8.78 Å². The molecule has 0 radical (unpaired) electrons. The first-order valence-corrected chi connectivity index (χ1v) is 11.9. The molecule has 4 rings (SSSR count). The topological polar surface area (TPSA) is 67.2 Å². The Bertz CT molecular complexity index is 1370. The zero-order valence-electron chi connectivity index (χ0n) is 20.2. The van der Waals surface area contributed by atoms with Crippen LogP contribution in [0.2, 0.25) is 0 Å². The highest BCUT2D eigenvalue weighted by Gasteiger charge is 2.35. The van der Waals surface area contributed by atoms with Crippen LogP contribution in [0.5, 0.6) is 0 Å². The number of fused-ring (bicyclic) bond motifs is 1. The van der Waals surface area contributed by atoms with E-state index in [9.17, 15) is 14.0 Å². The van der Waals surface area contributed by atoms with Crippen molar-refractivity contribution in [3.8, 4) is 0 Å². The van der Waals surface area contributed by atoms with Gasteiger partial charge < -0.3 is 9.88 Å². The number of benzene rings is 2. The van der Waals surface area contributed by atoms with Crippen LogP contribution in [0.4, 0.5) is 14.5 Å². The highest BCUT2D eigenvalue weighted by molar-refractivity contribution is 6.01. The second kappa shape index (κ2) is 11.1. The number of pyridine rings is 1. The van der Waals surface area contributed by atoms with Gasteiger partial charge in [0.25, 0.3) is 0 Å². The Hall–Kier alpha value is -4.07.